The summed E-state index contributed by atoms with van der Waals surface area (Å²) >= 11 is 1.69. The van der Waals surface area contributed by atoms with Crippen molar-refractivity contribution >= 4 is 11.3 Å². The summed E-state index contributed by atoms with van der Waals surface area (Å²) in [5.41, 5.74) is 5.13. The highest BCUT2D eigenvalue weighted by Gasteiger charge is 1.93. The Morgan fingerprint density at radius 1 is 0.697 bits per heavy atom. The van der Waals surface area contributed by atoms with Crippen LogP contribution in [0.1, 0.15) is 59.6 Å². The highest BCUT2D eigenvalue weighted by Crippen LogP contribution is 2.07. The molecule has 0 radical (unpaired) electrons. The lowest BCUT2D eigenvalue weighted by Gasteiger charge is -1.95. The monoisotopic (exact) mass is 472 g/mol. The lowest BCUT2D eigenvalue weighted by molar-refractivity contribution is 0.504. The van der Waals surface area contributed by atoms with E-state index in [1.165, 1.54) is 6.07 Å². The Bertz CT molecular complexity index is 965. The van der Waals surface area contributed by atoms with Crippen molar-refractivity contribution in [3.8, 4) is 0 Å². The van der Waals surface area contributed by atoms with Crippen LogP contribution in [0.4, 0.5) is 4.39 Å². The van der Waals surface area contributed by atoms with Gasteiger partial charge in [0, 0.05) is 22.5 Å². The second kappa shape index (κ2) is 16.8. The highest BCUT2D eigenvalue weighted by atomic mass is 32.1. The third-order valence-electron chi connectivity index (χ3n) is 3.95. The number of aryl methyl sites for hydroxylation is 8. The van der Waals surface area contributed by atoms with E-state index < -0.39 is 0 Å². The Hall–Kier alpha value is -2.79. The Morgan fingerprint density at radius 3 is 1.48 bits per heavy atom. The largest absolute Gasteiger partial charge is 0.467 e. The van der Waals surface area contributed by atoms with Crippen LogP contribution in [-0.4, -0.2) is 9.97 Å². The molecule has 0 unspecified atom stereocenters. The van der Waals surface area contributed by atoms with Gasteiger partial charge in [0.1, 0.15) is 17.3 Å². The molecule has 1 aromatic carbocycles. The number of hydrogen-bond donors (Lipinski definition) is 0. The first-order chi connectivity index (χ1) is 14.6. The van der Waals surface area contributed by atoms with Crippen LogP contribution in [0.3, 0.4) is 0 Å². The molecule has 3 nitrogen and oxygen atoms in total. The molecule has 0 saturated heterocycles. The van der Waals surface area contributed by atoms with Crippen molar-refractivity contribution in [3.05, 3.63) is 104 Å². The molecular weight excluding hydrogens is 431 g/mol. The van der Waals surface area contributed by atoms with Gasteiger partial charge in [-0.15, -0.1) is 11.3 Å². The lowest BCUT2D eigenvalue weighted by atomic mass is 10.1. The standard InChI is InChI=1S/C8H9F.C7H9N.C6H8O.C5H7NS.2CH4/c1-6-3-4-8(9)7(2)5-6;1-6-4-3-5-7(2)8-6;1-5-3-4-6(2)7-5;1-4-3-7-5(2)6-4;;/h3-5H,1-2H3;3-5H,1-2H3;3-4H,1-2H3;3H,1-2H3;2*1H4. The maximum Gasteiger partial charge on any atom is 0.126 e. The second-order valence-corrected chi connectivity index (χ2v) is 8.40. The van der Waals surface area contributed by atoms with Gasteiger partial charge < -0.3 is 4.42 Å². The van der Waals surface area contributed by atoms with Crippen LogP contribution >= 0.6 is 11.3 Å². The maximum absolute atomic E-state index is 12.5. The summed E-state index contributed by atoms with van der Waals surface area (Å²) in [6.07, 6.45) is 0. The Morgan fingerprint density at radius 2 is 1.24 bits per heavy atom. The molecule has 0 atom stereocenters. The predicted octanol–water partition coefficient (Wildman–Crippen LogP) is 9.07. The van der Waals surface area contributed by atoms with Gasteiger partial charge in [-0.2, -0.15) is 0 Å². The average Bonchev–Trinajstić information content (AvgIpc) is 3.26. The number of benzene rings is 1. The first-order valence-corrected chi connectivity index (χ1v) is 11.0. The molecule has 0 amide bonds. The molecule has 0 saturated carbocycles. The summed E-state index contributed by atoms with van der Waals surface area (Å²) in [6.45, 7) is 15.6. The van der Waals surface area contributed by atoms with Crippen molar-refractivity contribution in [3.63, 3.8) is 0 Å². The normalized spacial score (nSPS) is 8.88. The number of thiazole rings is 1. The molecule has 33 heavy (non-hydrogen) atoms. The Kier molecular flexibility index (Phi) is 16.5. The molecule has 0 spiro atoms. The van der Waals surface area contributed by atoms with Gasteiger partial charge in [0.05, 0.1) is 5.01 Å². The van der Waals surface area contributed by atoms with E-state index in [-0.39, 0.29) is 20.7 Å². The molecule has 182 valence electrons. The molecule has 4 rings (SSSR count). The van der Waals surface area contributed by atoms with Gasteiger partial charge in [0.25, 0.3) is 0 Å². The van der Waals surface area contributed by atoms with E-state index in [1.807, 2.05) is 84.9 Å². The van der Waals surface area contributed by atoms with Crippen molar-refractivity contribution < 1.29 is 8.81 Å². The van der Waals surface area contributed by atoms with Crippen LogP contribution in [0.2, 0.25) is 0 Å². The number of halogens is 1. The molecule has 0 aliphatic heterocycles. The van der Waals surface area contributed by atoms with E-state index in [1.54, 1.807) is 24.3 Å². The van der Waals surface area contributed by atoms with E-state index >= 15 is 0 Å². The SMILES string of the molecule is C.C.Cc1ccc(C)o1.Cc1ccc(F)c(C)c1.Cc1cccc(C)n1.Cc1csc(C)n1. The number of furan rings is 1. The van der Waals surface area contributed by atoms with Crippen molar-refractivity contribution in [2.45, 2.75) is 70.2 Å². The predicted molar refractivity (Wildman–Crippen MR) is 143 cm³/mol. The first-order valence-electron chi connectivity index (χ1n) is 10.1. The molecule has 3 heterocycles. The van der Waals surface area contributed by atoms with Crippen LogP contribution in [0.15, 0.2) is 58.3 Å². The van der Waals surface area contributed by atoms with Crippen molar-refractivity contribution in [1.82, 2.24) is 9.97 Å². The van der Waals surface area contributed by atoms with Gasteiger partial charge >= 0.3 is 0 Å². The third kappa shape index (κ3) is 14.8. The number of hydrogen-bond acceptors (Lipinski definition) is 4. The highest BCUT2D eigenvalue weighted by molar-refractivity contribution is 7.09. The number of pyridine rings is 1. The fourth-order valence-corrected chi connectivity index (χ4v) is 3.09. The zero-order chi connectivity index (χ0) is 23.4. The van der Waals surface area contributed by atoms with E-state index in [2.05, 4.69) is 15.3 Å². The Balaban J connectivity index is 0. The molecule has 5 heteroatoms. The van der Waals surface area contributed by atoms with Gasteiger partial charge in [-0.05, 0) is 91.3 Å². The summed E-state index contributed by atoms with van der Waals surface area (Å²) in [5, 5.41) is 3.20. The number of aromatic nitrogens is 2. The van der Waals surface area contributed by atoms with Crippen LogP contribution in [0, 0.1) is 61.2 Å². The molecule has 0 bridgehead atoms. The van der Waals surface area contributed by atoms with Crippen LogP contribution in [0.25, 0.3) is 0 Å². The van der Waals surface area contributed by atoms with Gasteiger partial charge in [-0.3, -0.25) is 4.98 Å². The van der Waals surface area contributed by atoms with Gasteiger partial charge in [-0.1, -0.05) is 38.6 Å². The molecule has 4 aromatic rings. The summed E-state index contributed by atoms with van der Waals surface area (Å²) in [5.74, 6) is 1.84. The van der Waals surface area contributed by atoms with Crippen LogP contribution in [0.5, 0.6) is 0 Å². The van der Waals surface area contributed by atoms with Crippen molar-refractivity contribution in [2.75, 3.05) is 0 Å². The third-order valence-corrected chi connectivity index (χ3v) is 4.84. The van der Waals surface area contributed by atoms with Crippen LogP contribution < -0.4 is 0 Å². The van der Waals surface area contributed by atoms with E-state index in [4.69, 9.17) is 4.42 Å². The molecule has 0 aliphatic carbocycles. The zero-order valence-electron chi connectivity index (χ0n) is 19.8. The molecule has 0 fully saturated rings. The fourth-order valence-electron chi connectivity index (χ4n) is 2.50. The molecule has 0 aliphatic rings. The number of rotatable bonds is 0. The minimum Gasteiger partial charge on any atom is -0.467 e. The Labute approximate surface area is 204 Å². The summed E-state index contributed by atoms with van der Waals surface area (Å²) in [7, 11) is 0. The van der Waals surface area contributed by atoms with Gasteiger partial charge in [0.2, 0.25) is 0 Å². The lowest BCUT2D eigenvalue weighted by Crippen LogP contribution is -1.81. The molecule has 3 aromatic heterocycles. The average molecular weight is 473 g/mol. The maximum atomic E-state index is 12.5. The minimum absolute atomic E-state index is 0. The van der Waals surface area contributed by atoms with Crippen molar-refractivity contribution in [2.24, 2.45) is 0 Å². The summed E-state index contributed by atoms with van der Waals surface area (Å²) < 4.78 is 17.6. The summed E-state index contributed by atoms with van der Waals surface area (Å²) in [4.78, 5) is 8.30. The first kappa shape index (κ1) is 32.4. The smallest absolute Gasteiger partial charge is 0.126 e. The quantitative estimate of drug-likeness (QED) is 0.256. The van der Waals surface area contributed by atoms with Crippen LogP contribution in [-0.2, 0) is 0 Å². The second-order valence-electron chi connectivity index (χ2n) is 7.34. The fraction of sp³-hybridized carbons (Fsp3) is 0.357. The molecular formula is C28H41FN2OS. The van der Waals surface area contributed by atoms with Gasteiger partial charge in [0.15, 0.2) is 0 Å². The minimum atomic E-state index is -0.124. The topological polar surface area (TPSA) is 38.9 Å². The van der Waals surface area contributed by atoms with E-state index in [0.717, 1.165) is 44.7 Å². The number of nitrogens with zero attached hydrogens (tertiary/aromatic N) is 2. The molecule has 0 N–H and O–H groups in total. The van der Waals surface area contributed by atoms with Crippen molar-refractivity contribution in [1.29, 1.82) is 0 Å². The van der Waals surface area contributed by atoms with Gasteiger partial charge in [-0.25, -0.2) is 9.37 Å². The summed E-state index contributed by atoms with van der Waals surface area (Å²) in [6, 6.07) is 15.0. The van der Waals surface area contributed by atoms with E-state index in [0.29, 0.717) is 0 Å². The van der Waals surface area contributed by atoms with E-state index in [9.17, 15) is 4.39 Å². The zero-order valence-corrected chi connectivity index (χ0v) is 20.6.